The smallest absolute Gasteiger partial charge is 0.221 e. The number of phenolic OH excluding ortho intramolecular Hbond substituents is 1. The van der Waals surface area contributed by atoms with E-state index in [0.717, 1.165) is 0 Å². The van der Waals surface area contributed by atoms with Crippen LogP contribution in [0.3, 0.4) is 0 Å². The lowest BCUT2D eigenvalue weighted by Gasteiger charge is -1.99. The molecule has 1 aliphatic heterocycles. The summed E-state index contributed by atoms with van der Waals surface area (Å²) in [5.74, 6) is 0.0785. The number of nitrogens with zero attached hydrogens (tertiary/aromatic N) is 5. The first kappa shape index (κ1) is 14.2. The highest BCUT2D eigenvalue weighted by molar-refractivity contribution is 5.88. The highest BCUT2D eigenvalue weighted by atomic mass is 16.3. The molecule has 0 saturated carbocycles. The lowest BCUT2D eigenvalue weighted by molar-refractivity contribution is -0.114. The molecule has 1 aromatic rings. The van der Waals surface area contributed by atoms with Gasteiger partial charge in [0.15, 0.2) is 0 Å². The number of phenols is 1. The molecule has 1 aromatic carbocycles. The number of allylic oxidation sites excluding steroid dienone is 1. The zero-order valence-corrected chi connectivity index (χ0v) is 10.1. The third-order valence-electron chi connectivity index (χ3n) is 1.68. The van der Waals surface area contributed by atoms with Crippen LogP contribution in [0.25, 0.3) is 0 Å². The summed E-state index contributed by atoms with van der Waals surface area (Å²) in [6.45, 7) is 1.44. The van der Waals surface area contributed by atoms with Crippen LogP contribution in [0.15, 0.2) is 62.4 Å². The SMILES string of the molecule is C1=CN=NN=NN=C1.CC(=O)Nc1ccc(O)cc1. The molecule has 1 heterocycles. The first-order chi connectivity index (χ1) is 9.18. The molecule has 8 nitrogen and oxygen atoms in total. The molecule has 0 spiro atoms. The molecule has 98 valence electrons. The monoisotopic (exact) mass is 260 g/mol. The zero-order chi connectivity index (χ0) is 13.9. The van der Waals surface area contributed by atoms with Crippen molar-refractivity contribution in [3.05, 3.63) is 36.5 Å². The molecule has 0 aromatic heterocycles. The number of aromatic hydroxyl groups is 1. The van der Waals surface area contributed by atoms with Crippen LogP contribution in [0.5, 0.6) is 5.75 Å². The Morgan fingerprint density at radius 3 is 2.58 bits per heavy atom. The number of amides is 1. The van der Waals surface area contributed by atoms with Crippen molar-refractivity contribution < 1.29 is 9.90 Å². The van der Waals surface area contributed by atoms with Crippen molar-refractivity contribution in [2.75, 3.05) is 5.32 Å². The van der Waals surface area contributed by atoms with E-state index >= 15 is 0 Å². The molecule has 0 aliphatic carbocycles. The summed E-state index contributed by atoms with van der Waals surface area (Å²) in [6.07, 6.45) is 4.56. The van der Waals surface area contributed by atoms with Crippen molar-refractivity contribution in [2.24, 2.45) is 25.9 Å². The molecule has 2 N–H and O–H groups in total. The third kappa shape index (κ3) is 7.10. The molecule has 0 radical (unpaired) electrons. The van der Waals surface area contributed by atoms with Crippen LogP contribution in [-0.4, -0.2) is 17.2 Å². The van der Waals surface area contributed by atoms with Gasteiger partial charge >= 0.3 is 0 Å². The Labute approximate surface area is 109 Å². The number of hydrogen-bond acceptors (Lipinski definition) is 7. The van der Waals surface area contributed by atoms with Crippen molar-refractivity contribution in [3.63, 3.8) is 0 Å². The molecule has 2 rings (SSSR count). The lowest BCUT2D eigenvalue weighted by atomic mass is 10.3. The van der Waals surface area contributed by atoms with E-state index in [9.17, 15) is 4.79 Å². The van der Waals surface area contributed by atoms with E-state index in [1.165, 1.54) is 31.5 Å². The Balaban J connectivity index is 0.000000200. The van der Waals surface area contributed by atoms with Gasteiger partial charge in [0.1, 0.15) is 5.75 Å². The van der Waals surface area contributed by atoms with Crippen LogP contribution in [-0.2, 0) is 4.79 Å². The summed E-state index contributed by atoms with van der Waals surface area (Å²) in [5.41, 5.74) is 0.690. The number of carbonyl (C=O) groups is 1. The van der Waals surface area contributed by atoms with Crippen molar-refractivity contribution in [2.45, 2.75) is 6.92 Å². The molecule has 8 heteroatoms. The molecule has 0 bridgehead atoms. The van der Waals surface area contributed by atoms with Crippen molar-refractivity contribution in [1.82, 2.24) is 0 Å². The second-order valence-electron chi connectivity index (χ2n) is 3.22. The fraction of sp³-hybridized carbons (Fsp3) is 0.0909. The van der Waals surface area contributed by atoms with Crippen LogP contribution >= 0.6 is 0 Å². The molecule has 0 unspecified atom stereocenters. The first-order valence-electron chi connectivity index (χ1n) is 5.23. The second kappa shape index (κ2) is 8.23. The molecule has 0 saturated heterocycles. The average Bonchev–Trinajstić information content (AvgIpc) is 2.31. The maximum absolute atomic E-state index is 10.5. The fourth-order valence-corrected chi connectivity index (χ4v) is 0.987. The molecule has 1 amide bonds. The minimum Gasteiger partial charge on any atom is -0.508 e. The number of anilines is 1. The third-order valence-corrected chi connectivity index (χ3v) is 1.68. The van der Waals surface area contributed by atoms with Crippen LogP contribution in [0.2, 0.25) is 0 Å². The average molecular weight is 260 g/mol. The van der Waals surface area contributed by atoms with E-state index in [1.54, 1.807) is 18.2 Å². The van der Waals surface area contributed by atoms with Crippen molar-refractivity contribution in [3.8, 4) is 5.75 Å². The molecular formula is C11H12N6O2. The van der Waals surface area contributed by atoms with Gasteiger partial charge in [-0.15, -0.1) is 10.2 Å². The van der Waals surface area contributed by atoms with Gasteiger partial charge in [0.25, 0.3) is 0 Å². The molecule has 0 fully saturated rings. The quantitative estimate of drug-likeness (QED) is 0.756. The number of carbonyl (C=O) groups excluding carboxylic acids is 1. The predicted octanol–water partition coefficient (Wildman–Crippen LogP) is 2.67. The van der Waals surface area contributed by atoms with E-state index in [1.807, 2.05) is 0 Å². The van der Waals surface area contributed by atoms with E-state index in [0.29, 0.717) is 5.69 Å². The maximum Gasteiger partial charge on any atom is 0.221 e. The van der Waals surface area contributed by atoms with Gasteiger partial charge in [-0.2, -0.15) is 0 Å². The zero-order valence-electron chi connectivity index (χ0n) is 10.1. The largest absolute Gasteiger partial charge is 0.508 e. The topological polar surface area (TPSA) is 111 Å². The number of benzene rings is 1. The standard InChI is InChI=1S/C8H9NO2.C3H3N5/c1-6(10)9-7-2-4-8(11)5-3-7;1-2-4-6-8-7-5-3-1/h2-5,11H,1H3,(H,9,10);1-3H. The highest BCUT2D eigenvalue weighted by Crippen LogP contribution is 2.13. The van der Waals surface area contributed by atoms with E-state index in [4.69, 9.17) is 5.11 Å². The summed E-state index contributed by atoms with van der Waals surface area (Å²) in [6, 6.07) is 6.31. The van der Waals surface area contributed by atoms with Gasteiger partial charge in [0.05, 0.1) is 12.4 Å². The summed E-state index contributed by atoms with van der Waals surface area (Å²) < 4.78 is 0. The summed E-state index contributed by atoms with van der Waals surface area (Å²) in [5, 5.41) is 27.9. The van der Waals surface area contributed by atoms with Gasteiger partial charge in [-0.05, 0) is 46.0 Å². The minimum absolute atomic E-state index is 0.115. The minimum atomic E-state index is -0.115. The number of rotatable bonds is 1. The molecule has 19 heavy (non-hydrogen) atoms. The van der Waals surface area contributed by atoms with Crippen LogP contribution in [0.4, 0.5) is 5.69 Å². The summed E-state index contributed by atoms with van der Waals surface area (Å²) >= 11 is 0. The van der Waals surface area contributed by atoms with Gasteiger partial charge < -0.3 is 10.4 Å². The summed E-state index contributed by atoms with van der Waals surface area (Å²) in [7, 11) is 0. The Kier molecular flexibility index (Phi) is 6.13. The van der Waals surface area contributed by atoms with Crippen molar-refractivity contribution >= 4 is 17.8 Å². The van der Waals surface area contributed by atoms with Gasteiger partial charge in [-0.1, -0.05) is 0 Å². The second-order valence-corrected chi connectivity index (χ2v) is 3.22. The maximum atomic E-state index is 10.5. The number of hydrogen-bond donors (Lipinski definition) is 2. The van der Waals surface area contributed by atoms with Gasteiger partial charge in [0.2, 0.25) is 5.91 Å². The van der Waals surface area contributed by atoms with Crippen LogP contribution in [0.1, 0.15) is 6.92 Å². The van der Waals surface area contributed by atoms with Crippen LogP contribution < -0.4 is 5.32 Å². The Morgan fingerprint density at radius 2 is 1.89 bits per heavy atom. The normalized spacial score (nSPS) is 12.1. The van der Waals surface area contributed by atoms with Gasteiger partial charge in [-0.25, -0.2) is 0 Å². The van der Waals surface area contributed by atoms with Gasteiger partial charge in [0, 0.05) is 12.6 Å². The molecular weight excluding hydrogens is 248 g/mol. The van der Waals surface area contributed by atoms with Crippen molar-refractivity contribution in [1.29, 1.82) is 0 Å². The highest BCUT2D eigenvalue weighted by Gasteiger charge is 1.93. The van der Waals surface area contributed by atoms with Gasteiger partial charge in [-0.3, -0.25) is 4.79 Å². The lowest BCUT2D eigenvalue weighted by Crippen LogP contribution is -2.04. The van der Waals surface area contributed by atoms with Crippen LogP contribution in [0, 0.1) is 0 Å². The Bertz CT molecular complexity index is 462. The summed E-state index contributed by atoms with van der Waals surface area (Å²) in [4.78, 5) is 10.5. The Morgan fingerprint density at radius 1 is 1.16 bits per heavy atom. The molecule has 1 aliphatic rings. The van der Waals surface area contributed by atoms with E-state index < -0.39 is 0 Å². The fourth-order valence-electron chi connectivity index (χ4n) is 0.987. The van der Waals surface area contributed by atoms with E-state index in [2.05, 4.69) is 31.2 Å². The first-order valence-corrected chi connectivity index (χ1v) is 5.23. The van der Waals surface area contributed by atoms with E-state index in [-0.39, 0.29) is 11.7 Å². The predicted molar refractivity (Wildman–Crippen MR) is 69.8 cm³/mol. The number of nitrogens with one attached hydrogen (secondary N) is 1. The molecule has 0 atom stereocenters. The Hall–Kier alpha value is -2.90.